The molecule has 11 heteroatoms. The van der Waals surface area contributed by atoms with Crippen molar-refractivity contribution in [1.29, 1.82) is 0 Å². The van der Waals surface area contributed by atoms with Gasteiger partial charge in [0.1, 0.15) is 36.6 Å². The van der Waals surface area contributed by atoms with Crippen molar-refractivity contribution in [3.8, 4) is 0 Å². The molecule has 1 heterocycles. The maximum Gasteiger partial charge on any atom is 0.249 e. The van der Waals surface area contributed by atoms with Crippen LogP contribution in [0.1, 0.15) is 264 Å². The molecule has 1 fully saturated rings. The first-order valence-corrected chi connectivity index (χ1v) is 27.4. The quantitative estimate of drug-likeness (QED) is 0.0273. The molecule has 9 unspecified atom stereocenters. The highest BCUT2D eigenvalue weighted by Crippen LogP contribution is 2.23. The van der Waals surface area contributed by atoms with Crippen LogP contribution in [0.25, 0.3) is 0 Å². The van der Waals surface area contributed by atoms with Crippen LogP contribution in [0.2, 0.25) is 0 Å². The largest absolute Gasteiger partial charge is 0.394 e. The maximum absolute atomic E-state index is 13.0. The van der Waals surface area contributed by atoms with E-state index in [1.165, 1.54) is 180 Å². The minimum absolute atomic E-state index is 0.266. The molecule has 0 saturated carbocycles. The summed E-state index contributed by atoms with van der Waals surface area (Å²) >= 11 is 0. The van der Waals surface area contributed by atoms with Gasteiger partial charge in [-0.2, -0.15) is 0 Å². The second kappa shape index (κ2) is 43.4. The van der Waals surface area contributed by atoms with E-state index >= 15 is 0 Å². The van der Waals surface area contributed by atoms with Gasteiger partial charge in [0.25, 0.3) is 0 Å². The van der Waals surface area contributed by atoms with Gasteiger partial charge in [-0.1, -0.05) is 251 Å². The summed E-state index contributed by atoms with van der Waals surface area (Å²) in [7, 11) is 0. The lowest BCUT2D eigenvalue weighted by Crippen LogP contribution is -2.60. The van der Waals surface area contributed by atoms with Crippen LogP contribution in [0, 0.1) is 0 Å². The van der Waals surface area contributed by atoms with Crippen molar-refractivity contribution in [1.82, 2.24) is 5.32 Å². The molecule has 9 atom stereocenters. The third-order valence-corrected chi connectivity index (χ3v) is 13.7. The molecule has 0 spiro atoms. The Hall–Kier alpha value is -0.890. The molecule has 1 saturated heterocycles. The highest BCUT2D eigenvalue weighted by Gasteiger charge is 2.44. The predicted molar refractivity (Wildman–Crippen MR) is 261 cm³/mol. The number of hydrogen-bond acceptors (Lipinski definition) is 10. The fraction of sp³-hybridized carbons (Fsp3) is 0.981. The van der Waals surface area contributed by atoms with E-state index in [9.17, 15) is 40.5 Å². The van der Waals surface area contributed by atoms with Gasteiger partial charge in [0, 0.05) is 0 Å². The fourth-order valence-electron chi connectivity index (χ4n) is 9.15. The molecule has 1 rings (SSSR count). The monoisotopic (exact) mass is 916 g/mol. The van der Waals surface area contributed by atoms with E-state index in [2.05, 4.69) is 19.2 Å². The van der Waals surface area contributed by atoms with E-state index in [4.69, 9.17) is 9.47 Å². The number of amides is 1. The van der Waals surface area contributed by atoms with Gasteiger partial charge >= 0.3 is 0 Å². The van der Waals surface area contributed by atoms with Crippen molar-refractivity contribution in [3.05, 3.63) is 0 Å². The number of hydrogen-bond donors (Lipinski definition) is 8. The number of nitrogens with one attached hydrogen (secondary N) is 1. The zero-order valence-corrected chi connectivity index (χ0v) is 41.5. The van der Waals surface area contributed by atoms with Crippen LogP contribution in [0.3, 0.4) is 0 Å². The Labute approximate surface area is 392 Å². The molecule has 0 aliphatic carbocycles. The molecule has 1 aliphatic heterocycles. The summed E-state index contributed by atoms with van der Waals surface area (Å²) in [6.07, 6.45) is 36.9. The highest BCUT2D eigenvalue weighted by atomic mass is 16.7. The summed E-state index contributed by atoms with van der Waals surface area (Å²) < 4.78 is 11.0. The molecule has 0 aromatic carbocycles. The third kappa shape index (κ3) is 32.0. The van der Waals surface area contributed by atoms with Crippen LogP contribution in [0.5, 0.6) is 0 Å². The molecule has 0 aromatic rings. The zero-order valence-electron chi connectivity index (χ0n) is 41.5. The second-order valence-electron chi connectivity index (χ2n) is 19.7. The molecule has 11 nitrogen and oxygen atoms in total. The maximum atomic E-state index is 13.0. The van der Waals surface area contributed by atoms with Gasteiger partial charge in [-0.05, 0) is 12.8 Å². The van der Waals surface area contributed by atoms with Gasteiger partial charge in [0.15, 0.2) is 6.29 Å². The zero-order chi connectivity index (χ0) is 46.9. The van der Waals surface area contributed by atoms with Gasteiger partial charge < -0.3 is 50.5 Å². The topological polar surface area (TPSA) is 189 Å². The van der Waals surface area contributed by atoms with E-state index in [1.807, 2.05) is 0 Å². The summed E-state index contributed by atoms with van der Waals surface area (Å²) in [6, 6.07) is -1.16. The van der Waals surface area contributed by atoms with Crippen molar-refractivity contribution in [3.63, 3.8) is 0 Å². The summed E-state index contributed by atoms with van der Waals surface area (Å²) in [5.41, 5.74) is 0. The lowest BCUT2D eigenvalue weighted by molar-refractivity contribution is -0.303. The molecule has 1 amide bonds. The summed E-state index contributed by atoms with van der Waals surface area (Å²) in [6.45, 7) is 3.35. The SMILES string of the molecule is CCCCCCCCCCCCCCCCCCCCCCCCCCCCCCCCCCC(O)C(=O)NC(COC1OC(CO)C(O)C(O)C1O)C(O)C(O)CCCCCCC. The minimum atomic E-state index is -1.65. The molecule has 0 bridgehead atoms. The van der Waals surface area contributed by atoms with Crippen molar-refractivity contribution in [2.24, 2.45) is 0 Å². The number of rotatable bonds is 47. The Bertz CT molecular complexity index is 1010. The molecular formula is C53H105NO10. The van der Waals surface area contributed by atoms with Crippen molar-refractivity contribution < 1.29 is 50.0 Å². The lowest BCUT2D eigenvalue weighted by atomic mass is 9.98. The Balaban J connectivity index is 2.07. The van der Waals surface area contributed by atoms with Crippen LogP contribution >= 0.6 is 0 Å². The number of aliphatic hydroxyl groups excluding tert-OH is 7. The number of unbranched alkanes of at least 4 members (excludes halogenated alkanes) is 35. The van der Waals surface area contributed by atoms with Crippen LogP contribution in [-0.4, -0.2) is 110 Å². The van der Waals surface area contributed by atoms with Crippen LogP contribution < -0.4 is 5.32 Å². The van der Waals surface area contributed by atoms with Crippen molar-refractivity contribution >= 4 is 5.91 Å². The number of carbonyl (C=O) groups excluding carboxylic acids is 1. The average molecular weight is 916 g/mol. The summed E-state index contributed by atoms with van der Waals surface area (Å²) in [5, 5.41) is 75.2. The third-order valence-electron chi connectivity index (χ3n) is 13.7. The first kappa shape index (κ1) is 61.1. The minimum Gasteiger partial charge on any atom is -0.394 e. The molecule has 382 valence electrons. The molecule has 8 N–H and O–H groups in total. The van der Waals surface area contributed by atoms with Gasteiger partial charge in [-0.3, -0.25) is 4.79 Å². The average Bonchev–Trinajstić information content (AvgIpc) is 3.29. The number of ether oxygens (including phenoxy) is 2. The van der Waals surface area contributed by atoms with Crippen LogP contribution in [0.15, 0.2) is 0 Å². The molecule has 0 aromatic heterocycles. The van der Waals surface area contributed by atoms with Gasteiger partial charge in [0.2, 0.25) is 5.91 Å². The molecule has 0 radical (unpaired) electrons. The smallest absolute Gasteiger partial charge is 0.249 e. The number of aliphatic hydroxyl groups is 7. The molecule has 64 heavy (non-hydrogen) atoms. The summed E-state index contributed by atoms with van der Waals surface area (Å²) in [5.74, 6) is -0.697. The number of carbonyl (C=O) groups is 1. The molecule has 1 aliphatic rings. The van der Waals surface area contributed by atoms with Gasteiger partial charge in [0.05, 0.1) is 25.4 Å². The van der Waals surface area contributed by atoms with E-state index in [1.54, 1.807) is 0 Å². The van der Waals surface area contributed by atoms with Crippen molar-refractivity contribution in [2.75, 3.05) is 13.2 Å². The normalized spacial score (nSPS) is 20.9. The Morgan fingerprint density at radius 1 is 0.484 bits per heavy atom. The van der Waals surface area contributed by atoms with E-state index < -0.39 is 74.2 Å². The predicted octanol–water partition coefficient (Wildman–Crippen LogP) is 10.6. The Kier molecular flexibility index (Phi) is 41.4. The molecular weight excluding hydrogens is 811 g/mol. The highest BCUT2D eigenvalue weighted by molar-refractivity contribution is 5.80. The Morgan fingerprint density at radius 2 is 0.812 bits per heavy atom. The first-order chi connectivity index (χ1) is 31.2. The van der Waals surface area contributed by atoms with Crippen LogP contribution in [-0.2, 0) is 14.3 Å². The fourth-order valence-corrected chi connectivity index (χ4v) is 9.15. The lowest BCUT2D eigenvalue weighted by Gasteiger charge is -2.40. The van der Waals surface area contributed by atoms with Gasteiger partial charge in [-0.25, -0.2) is 0 Å². The van der Waals surface area contributed by atoms with E-state index in [-0.39, 0.29) is 6.42 Å². The second-order valence-corrected chi connectivity index (χ2v) is 19.7. The van der Waals surface area contributed by atoms with E-state index in [0.717, 1.165) is 44.9 Å². The van der Waals surface area contributed by atoms with Crippen LogP contribution in [0.4, 0.5) is 0 Å². The Morgan fingerprint density at radius 3 is 1.16 bits per heavy atom. The standard InChI is InChI=1S/C53H105NO10/c1-3-5-7-9-10-11-12-13-14-15-16-17-18-19-20-21-22-23-24-25-26-27-28-29-30-31-32-33-34-35-37-39-41-46(57)52(62)54-44(48(58)45(56)40-38-36-8-6-4-2)43-63-53-51(61)50(60)49(59)47(42-55)64-53/h44-51,53,55-61H,3-43H2,1-2H3,(H,54,62). The van der Waals surface area contributed by atoms with Crippen molar-refractivity contribution in [2.45, 2.75) is 319 Å². The van der Waals surface area contributed by atoms with E-state index in [0.29, 0.717) is 19.3 Å². The summed E-state index contributed by atoms with van der Waals surface area (Å²) in [4.78, 5) is 13.0. The first-order valence-electron chi connectivity index (χ1n) is 27.4. The van der Waals surface area contributed by atoms with Gasteiger partial charge in [-0.15, -0.1) is 0 Å².